The zero-order valence-corrected chi connectivity index (χ0v) is 12.3. The Morgan fingerprint density at radius 3 is 2.79 bits per heavy atom. The number of hydrogen-bond acceptors (Lipinski definition) is 6. The molecule has 0 bridgehead atoms. The second-order valence-electron chi connectivity index (χ2n) is 4.97. The fourth-order valence-electron chi connectivity index (χ4n) is 2.51. The van der Waals surface area contributed by atoms with E-state index in [-0.39, 0.29) is 0 Å². The maximum atomic E-state index is 5.72. The van der Waals surface area contributed by atoms with Gasteiger partial charge in [0.2, 0.25) is 0 Å². The molecule has 3 N–H and O–H groups in total. The summed E-state index contributed by atoms with van der Waals surface area (Å²) in [7, 11) is 0. The number of nitrogens with two attached hydrogens (primary N) is 1. The van der Waals surface area contributed by atoms with Crippen molar-refractivity contribution in [1.82, 2.24) is 9.97 Å². The van der Waals surface area contributed by atoms with E-state index in [1.54, 1.807) is 22.7 Å². The lowest BCUT2D eigenvalue weighted by molar-refractivity contribution is 0.345. The monoisotopic (exact) mass is 294 g/mol. The molecule has 1 saturated carbocycles. The average molecular weight is 294 g/mol. The van der Waals surface area contributed by atoms with Gasteiger partial charge in [0.25, 0.3) is 0 Å². The molecular weight excluding hydrogens is 276 g/mol. The van der Waals surface area contributed by atoms with Gasteiger partial charge in [0, 0.05) is 23.0 Å². The van der Waals surface area contributed by atoms with Gasteiger partial charge >= 0.3 is 0 Å². The number of hydrogen-bond donors (Lipinski definition) is 2. The Balaban J connectivity index is 1.59. The molecule has 2 aromatic rings. The Morgan fingerprint density at radius 1 is 1.26 bits per heavy atom. The summed E-state index contributed by atoms with van der Waals surface area (Å²) in [5.74, 6) is 0.722. The van der Waals surface area contributed by atoms with Gasteiger partial charge in [-0.3, -0.25) is 0 Å². The predicted molar refractivity (Wildman–Crippen MR) is 81.6 cm³/mol. The van der Waals surface area contributed by atoms with Crippen molar-refractivity contribution in [1.29, 1.82) is 0 Å². The van der Waals surface area contributed by atoms with E-state index in [2.05, 4.69) is 20.7 Å². The molecular formula is C13H18N4S2. The molecule has 0 unspecified atom stereocenters. The summed E-state index contributed by atoms with van der Waals surface area (Å²) in [6.07, 6.45) is 6.69. The summed E-state index contributed by atoms with van der Waals surface area (Å²) in [4.78, 5) is 8.91. The molecule has 0 saturated heterocycles. The summed E-state index contributed by atoms with van der Waals surface area (Å²) in [6, 6.07) is 0.554. The van der Waals surface area contributed by atoms with E-state index < -0.39 is 0 Å². The van der Waals surface area contributed by atoms with Gasteiger partial charge < -0.3 is 11.1 Å². The van der Waals surface area contributed by atoms with E-state index in [0.717, 1.165) is 28.3 Å². The van der Waals surface area contributed by atoms with Crippen molar-refractivity contribution in [3.05, 3.63) is 17.0 Å². The summed E-state index contributed by atoms with van der Waals surface area (Å²) < 4.78 is 0. The van der Waals surface area contributed by atoms with Gasteiger partial charge in [0.05, 0.1) is 0 Å². The summed E-state index contributed by atoms with van der Waals surface area (Å²) in [6.45, 7) is 0.832. The van der Waals surface area contributed by atoms with Crippen molar-refractivity contribution in [3.63, 3.8) is 0 Å². The molecule has 0 atom stereocenters. The number of rotatable bonds is 4. The van der Waals surface area contributed by atoms with Crippen molar-refractivity contribution < 1.29 is 0 Å². The highest BCUT2D eigenvalue weighted by molar-refractivity contribution is 7.15. The van der Waals surface area contributed by atoms with E-state index in [0.29, 0.717) is 6.04 Å². The Labute approximate surface area is 121 Å². The molecule has 1 aliphatic carbocycles. The van der Waals surface area contributed by atoms with Gasteiger partial charge in [-0.25, -0.2) is 9.97 Å². The molecule has 2 heterocycles. The van der Waals surface area contributed by atoms with Crippen LogP contribution >= 0.6 is 22.7 Å². The molecule has 3 rings (SSSR count). The predicted octanol–water partition coefficient (Wildman–Crippen LogP) is 3.20. The topological polar surface area (TPSA) is 63.8 Å². The molecule has 1 aliphatic rings. The van der Waals surface area contributed by atoms with E-state index in [4.69, 9.17) is 5.73 Å². The van der Waals surface area contributed by atoms with Crippen molar-refractivity contribution in [3.8, 4) is 10.7 Å². The van der Waals surface area contributed by atoms with E-state index in [9.17, 15) is 0 Å². The minimum absolute atomic E-state index is 0.554. The van der Waals surface area contributed by atoms with Crippen LogP contribution in [0.1, 0.15) is 25.7 Å². The maximum absolute atomic E-state index is 5.72. The van der Waals surface area contributed by atoms with Crippen LogP contribution in [0.25, 0.3) is 10.7 Å². The summed E-state index contributed by atoms with van der Waals surface area (Å²) in [5, 5.41) is 9.62. The maximum Gasteiger partial charge on any atom is 0.183 e. The lowest BCUT2D eigenvalue weighted by atomic mass is 9.86. The number of nitrogens with zero attached hydrogens (tertiary/aromatic N) is 2. The molecule has 0 aliphatic heterocycles. The quantitative estimate of drug-likeness (QED) is 0.909. The molecule has 4 nitrogen and oxygen atoms in total. The van der Waals surface area contributed by atoms with Gasteiger partial charge in [-0.2, -0.15) is 0 Å². The van der Waals surface area contributed by atoms with E-state index >= 15 is 0 Å². The van der Waals surface area contributed by atoms with Gasteiger partial charge in [-0.15, -0.1) is 22.7 Å². The summed E-state index contributed by atoms with van der Waals surface area (Å²) in [5.41, 5.74) is 6.71. The normalized spacial score (nSPS) is 23.4. The third kappa shape index (κ3) is 3.13. The number of nitrogens with one attached hydrogen (secondary N) is 1. The van der Waals surface area contributed by atoms with Crippen LogP contribution in [0.4, 0.5) is 5.13 Å². The molecule has 19 heavy (non-hydrogen) atoms. The fourth-order valence-corrected chi connectivity index (χ4v) is 3.95. The zero-order chi connectivity index (χ0) is 13.1. The molecule has 6 heteroatoms. The Bertz CT molecular complexity index is 500. The van der Waals surface area contributed by atoms with Crippen molar-refractivity contribution in [2.24, 2.45) is 11.7 Å². The number of anilines is 1. The first-order valence-corrected chi connectivity index (χ1v) is 8.43. The highest BCUT2D eigenvalue weighted by atomic mass is 32.1. The molecule has 2 aromatic heterocycles. The molecule has 102 valence electrons. The highest BCUT2D eigenvalue weighted by Crippen LogP contribution is 2.30. The first-order chi connectivity index (χ1) is 9.35. The molecule has 0 radical (unpaired) electrons. The van der Waals surface area contributed by atoms with Gasteiger partial charge in [0.1, 0.15) is 10.7 Å². The van der Waals surface area contributed by atoms with Crippen LogP contribution in [0.15, 0.2) is 17.0 Å². The van der Waals surface area contributed by atoms with E-state index in [1.165, 1.54) is 25.7 Å². The minimum Gasteiger partial charge on any atom is -0.359 e. The van der Waals surface area contributed by atoms with Gasteiger partial charge in [-0.1, -0.05) is 0 Å². The van der Waals surface area contributed by atoms with Crippen molar-refractivity contribution in [2.75, 3.05) is 11.9 Å². The average Bonchev–Trinajstić information content (AvgIpc) is 3.10. The molecule has 0 spiro atoms. The van der Waals surface area contributed by atoms with Crippen LogP contribution in [0.2, 0.25) is 0 Å². The molecule has 1 fully saturated rings. The smallest absolute Gasteiger partial charge is 0.183 e. The molecule has 0 aromatic carbocycles. The largest absolute Gasteiger partial charge is 0.359 e. The second kappa shape index (κ2) is 5.98. The van der Waals surface area contributed by atoms with Crippen LogP contribution in [-0.2, 0) is 0 Å². The Hall–Kier alpha value is -0.980. The first-order valence-electron chi connectivity index (χ1n) is 6.67. The fraction of sp³-hybridized carbons (Fsp3) is 0.538. The third-order valence-corrected chi connectivity index (χ3v) is 5.23. The van der Waals surface area contributed by atoms with Crippen LogP contribution in [0, 0.1) is 5.92 Å². The van der Waals surface area contributed by atoms with E-state index in [1.807, 2.05) is 11.6 Å². The van der Waals surface area contributed by atoms with Crippen LogP contribution in [-0.4, -0.2) is 22.6 Å². The summed E-state index contributed by atoms with van der Waals surface area (Å²) >= 11 is 3.30. The highest BCUT2D eigenvalue weighted by Gasteiger charge is 2.20. The second-order valence-corrected chi connectivity index (χ2v) is 6.73. The van der Waals surface area contributed by atoms with Crippen molar-refractivity contribution in [2.45, 2.75) is 31.7 Å². The number of thiazole rings is 2. The van der Waals surface area contributed by atoms with Crippen LogP contribution in [0.5, 0.6) is 0 Å². The Kier molecular flexibility index (Phi) is 4.10. The Morgan fingerprint density at radius 2 is 2.11 bits per heavy atom. The van der Waals surface area contributed by atoms with Crippen molar-refractivity contribution >= 4 is 27.8 Å². The lowest BCUT2D eigenvalue weighted by Gasteiger charge is -2.28. The lowest BCUT2D eigenvalue weighted by Crippen LogP contribution is -2.29. The minimum atomic E-state index is 0.554. The van der Waals surface area contributed by atoms with Crippen LogP contribution in [0.3, 0.4) is 0 Å². The third-order valence-electron chi connectivity index (χ3n) is 3.66. The standard InChI is InChI=1S/C13H18N4S2/c14-7-9-1-3-10(4-2-9)16-13-17-11(8-19-13)12-15-5-6-18-12/h5-6,8-10H,1-4,7,14H2,(H,16,17). The SMILES string of the molecule is NCC1CCC(Nc2nc(-c3nccs3)cs2)CC1. The first kappa shape index (κ1) is 13.0. The van der Waals surface area contributed by atoms with Gasteiger partial charge in [-0.05, 0) is 38.1 Å². The zero-order valence-electron chi connectivity index (χ0n) is 10.7. The number of aromatic nitrogens is 2. The van der Waals surface area contributed by atoms with Gasteiger partial charge in [0.15, 0.2) is 5.13 Å². The van der Waals surface area contributed by atoms with Crippen LogP contribution < -0.4 is 11.1 Å². The molecule has 0 amide bonds.